The van der Waals surface area contributed by atoms with Crippen molar-refractivity contribution in [1.29, 1.82) is 0 Å². The lowest BCUT2D eigenvalue weighted by Crippen LogP contribution is -2.10. The summed E-state index contributed by atoms with van der Waals surface area (Å²) >= 11 is 0. The van der Waals surface area contributed by atoms with Crippen LogP contribution in [0.25, 0.3) is 5.53 Å². The quantitative estimate of drug-likeness (QED) is 0.249. The van der Waals surface area contributed by atoms with Crippen molar-refractivity contribution < 1.29 is 14.3 Å². The van der Waals surface area contributed by atoms with Crippen molar-refractivity contribution in [3.8, 4) is 0 Å². The predicted octanol–water partition coefficient (Wildman–Crippen LogP) is 0.486. The van der Waals surface area contributed by atoms with E-state index in [1.54, 1.807) is 0 Å². The van der Waals surface area contributed by atoms with E-state index in [-0.39, 0.29) is 0 Å². The van der Waals surface area contributed by atoms with Gasteiger partial charge in [-0.25, -0.2) is 4.79 Å². The van der Waals surface area contributed by atoms with E-state index in [9.17, 15) is 4.79 Å². The summed E-state index contributed by atoms with van der Waals surface area (Å²) in [6, 6.07) is 0. The summed E-state index contributed by atoms with van der Waals surface area (Å²) in [5.74, 6) is -0.313. The Morgan fingerprint density at radius 1 is 1.80 bits per heavy atom. The third kappa shape index (κ3) is 5.00. The highest BCUT2D eigenvalue weighted by Gasteiger charge is 2.03. The molecule has 0 aromatic rings. The van der Waals surface area contributed by atoms with Crippen molar-refractivity contribution in [2.24, 2.45) is 5.92 Å². The largest absolute Gasteiger partial charge is 0.457 e. The number of ether oxygens (including phenoxy) is 1. The summed E-state index contributed by atoms with van der Waals surface area (Å²) in [4.78, 5) is 12.9. The molecule has 0 aromatic carbocycles. The van der Waals surface area contributed by atoms with Crippen LogP contribution in [0, 0.1) is 5.92 Å². The van der Waals surface area contributed by atoms with Gasteiger partial charge in [-0.1, -0.05) is 13.8 Å². The topological polar surface area (TPSA) is 62.7 Å². The Hall–Kier alpha value is -1.15. The van der Waals surface area contributed by atoms with E-state index in [0.29, 0.717) is 12.5 Å². The fraction of sp³-hybridized carbons (Fsp3) is 0.667. The average molecular weight is 142 g/mol. The zero-order chi connectivity index (χ0) is 7.98. The van der Waals surface area contributed by atoms with Gasteiger partial charge in [0.2, 0.25) is 0 Å². The molecule has 0 atom stereocenters. The lowest BCUT2D eigenvalue weighted by molar-refractivity contribution is -0.139. The first-order valence-electron chi connectivity index (χ1n) is 3.01. The number of esters is 1. The fourth-order valence-electron chi connectivity index (χ4n) is 0.333. The predicted molar refractivity (Wildman–Crippen MR) is 35.5 cm³/mol. The Kier molecular flexibility index (Phi) is 4.16. The Morgan fingerprint density at radius 3 is 2.80 bits per heavy atom. The molecule has 0 aliphatic rings. The van der Waals surface area contributed by atoms with E-state index in [0.717, 1.165) is 6.21 Å². The van der Waals surface area contributed by atoms with Crippen LogP contribution in [0.1, 0.15) is 13.8 Å². The van der Waals surface area contributed by atoms with Gasteiger partial charge in [0.05, 0.1) is 6.61 Å². The summed E-state index contributed by atoms with van der Waals surface area (Å²) in [6.45, 7) is 4.19. The van der Waals surface area contributed by atoms with Crippen LogP contribution in [0.3, 0.4) is 0 Å². The lowest BCUT2D eigenvalue weighted by Gasteiger charge is -2.00. The Balaban J connectivity index is 3.50. The third-order valence-electron chi connectivity index (χ3n) is 0.722. The van der Waals surface area contributed by atoms with Crippen LogP contribution in [-0.4, -0.2) is 23.6 Å². The van der Waals surface area contributed by atoms with Crippen LogP contribution in [-0.2, 0) is 9.53 Å². The number of rotatable bonds is 3. The van der Waals surface area contributed by atoms with E-state index < -0.39 is 5.97 Å². The molecule has 4 nitrogen and oxygen atoms in total. The number of nitrogens with zero attached hydrogens (tertiary/aromatic N) is 2. The summed E-state index contributed by atoms with van der Waals surface area (Å²) in [7, 11) is 0. The molecule has 56 valence electrons. The molecule has 0 amide bonds. The van der Waals surface area contributed by atoms with E-state index in [2.05, 4.69) is 9.53 Å². The second-order valence-electron chi connectivity index (χ2n) is 2.27. The molecule has 0 bridgehead atoms. The molecule has 0 rings (SSSR count). The first-order chi connectivity index (χ1) is 4.66. The Morgan fingerprint density at radius 2 is 2.40 bits per heavy atom. The number of hydrogen-bond donors (Lipinski definition) is 0. The smallest absolute Gasteiger partial charge is 0.413 e. The number of carbonyl (C=O) groups excluding carboxylic acids is 1. The Bertz CT molecular complexity index is 159. The summed E-state index contributed by atoms with van der Waals surface area (Å²) in [5, 5.41) is 0. The molecule has 10 heavy (non-hydrogen) atoms. The molecule has 0 N–H and O–H groups in total. The van der Waals surface area contributed by atoms with Gasteiger partial charge in [0.15, 0.2) is 0 Å². The van der Waals surface area contributed by atoms with Crippen LogP contribution in [0.5, 0.6) is 0 Å². The number of carbonyl (C=O) groups is 1. The highest BCUT2D eigenvalue weighted by Crippen LogP contribution is 1.90. The van der Waals surface area contributed by atoms with Crippen LogP contribution >= 0.6 is 0 Å². The van der Waals surface area contributed by atoms with Crippen molar-refractivity contribution in [3.05, 3.63) is 5.53 Å². The SMILES string of the molecule is CC(C)COC(=O)C=[N+]=[N-]. The highest BCUT2D eigenvalue weighted by atomic mass is 16.5. The van der Waals surface area contributed by atoms with Gasteiger partial charge in [-0.15, -0.1) is 0 Å². The summed E-state index contributed by atoms with van der Waals surface area (Å²) in [5.41, 5.74) is 7.87. The van der Waals surface area contributed by atoms with Crippen LogP contribution in [0.2, 0.25) is 0 Å². The second kappa shape index (κ2) is 4.70. The molecular formula is C6H10N2O2. The molecule has 0 spiro atoms. The maximum absolute atomic E-state index is 10.4. The maximum atomic E-state index is 10.4. The molecule has 4 heteroatoms. The van der Waals surface area contributed by atoms with Gasteiger partial charge in [-0.2, -0.15) is 4.79 Å². The molecule has 0 saturated carbocycles. The Labute approximate surface area is 59.4 Å². The molecule has 0 heterocycles. The van der Waals surface area contributed by atoms with Crippen molar-refractivity contribution >= 4 is 12.2 Å². The number of hydrogen-bond acceptors (Lipinski definition) is 2. The standard InChI is InChI=1S/C6H10N2O2/c1-5(2)4-10-6(9)3-8-7/h3,5H,4H2,1-2H3. The van der Waals surface area contributed by atoms with E-state index >= 15 is 0 Å². The third-order valence-corrected chi connectivity index (χ3v) is 0.722. The maximum Gasteiger partial charge on any atom is 0.413 e. The van der Waals surface area contributed by atoms with Gasteiger partial charge < -0.3 is 10.3 Å². The van der Waals surface area contributed by atoms with E-state index in [1.807, 2.05) is 13.8 Å². The molecule has 0 radical (unpaired) electrons. The minimum atomic E-state index is -0.615. The highest BCUT2D eigenvalue weighted by molar-refractivity contribution is 6.20. The zero-order valence-corrected chi connectivity index (χ0v) is 6.07. The van der Waals surface area contributed by atoms with Gasteiger partial charge in [0.1, 0.15) is 0 Å². The minimum Gasteiger partial charge on any atom is -0.457 e. The molecule has 0 aliphatic carbocycles. The fourth-order valence-corrected chi connectivity index (χ4v) is 0.333. The normalized spacial score (nSPS) is 8.70. The van der Waals surface area contributed by atoms with E-state index in [4.69, 9.17) is 5.53 Å². The molecule has 0 aromatic heterocycles. The van der Waals surface area contributed by atoms with Gasteiger partial charge in [0, 0.05) is 0 Å². The molecule has 0 fully saturated rings. The molecule has 0 aliphatic heterocycles. The second-order valence-corrected chi connectivity index (χ2v) is 2.27. The first-order valence-corrected chi connectivity index (χ1v) is 3.01. The van der Waals surface area contributed by atoms with Gasteiger partial charge >= 0.3 is 12.2 Å². The minimum absolute atomic E-state index is 0.302. The van der Waals surface area contributed by atoms with Gasteiger partial charge in [-0.3, -0.25) is 0 Å². The van der Waals surface area contributed by atoms with Crippen molar-refractivity contribution in [2.75, 3.05) is 6.61 Å². The lowest BCUT2D eigenvalue weighted by atomic mass is 10.2. The van der Waals surface area contributed by atoms with Crippen LogP contribution in [0.15, 0.2) is 0 Å². The van der Waals surface area contributed by atoms with Crippen LogP contribution in [0.4, 0.5) is 0 Å². The van der Waals surface area contributed by atoms with E-state index in [1.165, 1.54) is 0 Å². The average Bonchev–Trinajstić information content (AvgIpc) is 1.85. The van der Waals surface area contributed by atoms with Gasteiger partial charge in [-0.05, 0) is 5.92 Å². The van der Waals surface area contributed by atoms with Crippen molar-refractivity contribution in [1.82, 2.24) is 0 Å². The monoisotopic (exact) mass is 142 g/mol. The summed E-state index contributed by atoms with van der Waals surface area (Å²) < 4.78 is 4.60. The molecule has 0 saturated heterocycles. The molecule has 0 unspecified atom stereocenters. The van der Waals surface area contributed by atoms with Crippen molar-refractivity contribution in [2.45, 2.75) is 13.8 Å². The van der Waals surface area contributed by atoms with Crippen LogP contribution < -0.4 is 0 Å². The van der Waals surface area contributed by atoms with Crippen molar-refractivity contribution in [3.63, 3.8) is 0 Å². The summed E-state index contributed by atoms with van der Waals surface area (Å²) in [6.07, 6.45) is 0.725. The van der Waals surface area contributed by atoms with Gasteiger partial charge in [0.25, 0.3) is 0 Å². The molecular weight excluding hydrogens is 132 g/mol. The first kappa shape index (κ1) is 8.85. The zero-order valence-electron chi connectivity index (χ0n) is 6.07.